The SMILES string of the molecule is N#Cc1ccc(C(=O)Nc2ccc(C(F)(F)F)cc2)cc1. The molecule has 106 valence electrons. The number of nitrogens with one attached hydrogen (secondary N) is 1. The number of nitrogens with zero attached hydrogens (tertiary/aromatic N) is 1. The van der Waals surface area contributed by atoms with Gasteiger partial charge in [-0.15, -0.1) is 0 Å². The second-order valence-electron chi connectivity index (χ2n) is 4.22. The number of hydrogen-bond acceptors (Lipinski definition) is 2. The predicted molar refractivity (Wildman–Crippen MR) is 70.6 cm³/mol. The quantitative estimate of drug-likeness (QED) is 0.913. The van der Waals surface area contributed by atoms with Crippen molar-refractivity contribution in [1.29, 1.82) is 5.26 Å². The molecule has 0 saturated carbocycles. The van der Waals surface area contributed by atoms with Crippen molar-refractivity contribution in [3.63, 3.8) is 0 Å². The third kappa shape index (κ3) is 3.60. The molecule has 21 heavy (non-hydrogen) atoms. The van der Waals surface area contributed by atoms with Crippen LogP contribution in [0, 0.1) is 11.3 Å². The number of halogens is 3. The molecular weight excluding hydrogens is 281 g/mol. The monoisotopic (exact) mass is 290 g/mol. The Bertz CT molecular complexity index is 683. The summed E-state index contributed by atoms with van der Waals surface area (Å²) in [6, 6.07) is 12.0. The minimum absolute atomic E-state index is 0.261. The second-order valence-corrected chi connectivity index (χ2v) is 4.22. The van der Waals surface area contributed by atoms with Gasteiger partial charge in [-0.05, 0) is 48.5 Å². The molecule has 1 N–H and O–H groups in total. The van der Waals surface area contributed by atoms with Gasteiger partial charge < -0.3 is 5.32 Å². The summed E-state index contributed by atoms with van der Waals surface area (Å²) in [5.41, 5.74) is 0.214. The molecule has 0 aliphatic rings. The number of nitriles is 1. The Labute approximate surface area is 118 Å². The van der Waals surface area contributed by atoms with Crippen LogP contribution in [0.5, 0.6) is 0 Å². The lowest BCUT2D eigenvalue weighted by Crippen LogP contribution is -2.12. The van der Waals surface area contributed by atoms with Crippen LogP contribution >= 0.6 is 0 Å². The summed E-state index contributed by atoms with van der Waals surface area (Å²) in [5.74, 6) is -0.459. The van der Waals surface area contributed by atoms with Crippen molar-refractivity contribution in [3.8, 4) is 6.07 Å². The molecule has 0 saturated heterocycles. The molecule has 0 radical (unpaired) electrons. The van der Waals surface area contributed by atoms with Crippen LogP contribution in [0.15, 0.2) is 48.5 Å². The Kier molecular flexibility index (Phi) is 3.94. The van der Waals surface area contributed by atoms with E-state index in [-0.39, 0.29) is 5.69 Å². The van der Waals surface area contributed by atoms with Gasteiger partial charge in [0.2, 0.25) is 0 Å². The van der Waals surface area contributed by atoms with Crippen LogP contribution in [-0.4, -0.2) is 5.91 Å². The first-order valence-electron chi connectivity index (χ1n) is 5.89. The fourth-order valence-corrected chi connectivity index (χ4v) is 1.64. The number of rotatable bonds is 2. The summed E-state index contributed by atoms with van der Waals surface area (Å²) >= 11 is 0. The van der Waals surface area contributed by atoms with Crippen molar-refractivity contribution in [1.82, 2.24) is 0 Å². The highest BCUT2D eigenvalue weighted by Crippen LogP contribution is 2.29. The zero-order valence-electron chi connectivity index (χ0n) is 10.6. The molecule has 6 heteroatoms. The molecule has 0 fully saturated rings. The molecular formula is C15H9F3N2O. The minimum atomic E-state index is -4.41. The van der Waals surface area contributed by atoms with Crippen molar-refractivity contribution in [3.05, 3.63) is 65.2 Å². The number of carbonyl (C=O) groups is 1. The minimum Gasteiger partial charge on any atom is -0.322 e. The van der Waals surface area contributed by atoms with Gasteiger partial charge in [0.15, 0.2) is 0 Å². The van der Waals surface area contributed by atoms with E-state index in [1.54, 1.807) is 0 Å². The third-order valence-corrected chi connectivity index (χ3v) is 2.75. The van der Waals surface area contributed by atoms with Gasteiger partial charge in [-0.25, -0.2) is 0 Å². The summed E-state index contributed by atoms with van der Waals surface area (Å²) < 4.78 is 37.2. The standard InChI is InChI=1S/C15H9F3N2O/c16-15(17,18)12-5-7-13(8-6-12)20-14(21)11-3-1-10(9-19)2-4-11/h1-8H,(H,20,21). The fraction of sp³-hybridized carbons (Fsp3) is 0.0667. The van der Waals surface area contributed by atoms with E-state index in [0.717, 1.165) is 12.1 Å². The predicted octanol–water partition coefficient (Wildman–Crippen LogP) is 3.83. The molecule has 0 atom stereocenters. The Balaban J connectivity index is 2.10. The molecule has 0 aromatic heterocycles. The summed E-state index contributed by atoms with van der Waals surface area (Å²) in [4.78, 5) is 11.9. The van der Waals surface area contributed by atoms with Gasteiger partial charge in [0, 0.05) is 11.3 Å². The summed E-state index contributed by atoms with van der Waals surface area (Å²) in [6.45, 7) is 0. The topological polar surface area (TPSA) is 52.9 Å². The average Bonchev–Trinajstić information content (AvgIpc) is 2.47. The van der Waals surface area contributed by atoms with Crippen molar-refractivity contribution in [2.45, 2.75) is 6.18 Å². The van der Waals surface area contributed by atoms with Crippen LogP contribution in [0.3, 0.4) is 0 Å². The van der Waals surface area contributed by atoms with Gasteiger partial charge in [0.1, 0.15) is 0 Å². The van der Waals surface area contributed by atoms with E-state index >= 15 is 0 Å². The average molecular weight is 290 g/mol. The first-order chi connectivity index (χ1) is 9.90. The largest absolute Gasteiger partial charge is 0.416 e. The first kappa shape index (κ1) is 14.6. The Morgan fingerprint density at radius 2 is 1.57 bits per heavy atom. The number of anilines is 1. The van der Waals surface area contributed by atoms with Gasteiger partial charge in [0.25, 0.3) is 5.91 Å². The molecule has 2 rings (SSSR count). The van der Waals surface area contributed by atoms with E-state index < -0.39 is 17.6 Å². The summed E-state index contributed by atoms with van der Waals surface area (Å²) in [7, 11) is 0. The van der Waals surface area contributed by atoms with Crippen LogP contribution in [-0.2, 0) is 6.18 Å². The molecule has 0 heterocycles. The van der Waals surface area contributed by atoms with Crippen LogP contribution in [0.2, 0.25) is 0 Å². The molecule has 0 spiro atoms. The van der Waals surface area contributed by atoms with Crippen molar-refractivity contribution in [2.24, 2.45) is 0 Å². The highest BCUT2D eigenvalue weighted by Gasteiger charge is 2.29. The van der Waals surface area contributed by atoms with Crippen molar-refractivity contribution < 1.29 is 18.0 Å². The van der Waals surface area contributed by atoms with E-state index in [9.17, 15) is 18.0 Å². The van der Waals surface area contributed by atoms with Crippen molar-refractivity contribution >= 4 is 11.6 Å². The third-order valence-electron chi connectivity index (χ3n) is 2.75. The van der Waals surface area contributed by atoms with Gasteiger partial charge in [-0.2, -0.15) is 18.4 Å². The van der Waals surface area contributed by atoms with Crippen LogP contribution in [0.1, 0.15) is 21.5 Å². The molecule has 0 bridgehead atoms. The van der Waals surface area contributed by atoms with E-state index in [0.29, 0.717) is 11.1 Å². The Morgan fingerprint density at radius 1 is 1.00 bits per heavy atom. The van der Waals surface area contributed by atoms with E-state index in [1.807, 2.05) is 6.07 Å². The zero-order valence-corrected chi connectivity index (χ0v) is 10.6. The van der Waals surface area contributed by atoms with E-state index in [1.165, 1.54) is 36.4 Å². The summed E-state index contributed by atoms with van der Waals surface area (Å²) in [6.07, 6.45) is -4.41. The number of hydrogen-bond donors (Lipinski definition) is 1. The zero-order chi connectivity index (χ0) is 15.5. The van der Waals surface area contributed by atoms with Crippen LogP contribution in [0.4, 0.5) is 18.9 Å². The molecule has 2 aromatic rings. The maximum absolute atomic E-state index is 12.4. The molecule has 0 aliphatic heterocycles. The summed E-state index contributed by atoms with van der Waals surface area (Å²) in [5, 5.41) is 11.1. The van der Waals surface area contributed by atoms with E-state index in [2.05, 4.69) is 5.32 Å². The molecule has 1 amide bonds. The van der Waals surface area contributed by atoms with Crippen LogP contribution < -0.4 is 5.32 Å². The lowest BCUT2D eigenvalue weighted by Gasteiger charge is -2.08. The van der Waals surface area contributed by atoms with E-state index in [4.69, 9.17) is 5.26 Å². The van der Waals surface area contributed by atoms with Gasteiger partial charge in [-0.1, -0.05) is 0 Å². The lowest BCUT2D eigenvalue weighted by molar-refractivity contribution is -0.137. The van der Waals surface area contributed by atoms with Gasteiger partial charge >= 0.3 is 6.18 Å². The molecule has 0 aliphatic carbocycles. The molecule has 2 aromatic carbocycles. The highest BCUT2D eigenvalue weighted by molar-refractivity contribution is 6.04. The smallest absolute Gasteiger partial charge is 0.322 e. The highest BCUT2D eigenvalue weighted by atomic mass is 19.4. The fourth-order valence-electron chi connectivity index (χ4n) is 1.64. The maximum atomic E-state index is 12.4. The number of amides is 1. The normalized spacial score (nSPS) is 10.8. The lowest BCUT2D eigenvalue weighted by atomic mass is 10.1. The van der Waals surface area contributed by atoms with Crippen LogP contribution in [0.25, 0.3) is 0 Å². The maximum Gasteiger partial charge on any atom is 0.416 e. The first-order valence-corrected chi connectivity index (χ1v) is 5.89. The van der Waals surface area contributed by atoms with Crippen molar-refractivity contribution in [2.75, 3.05) is 5.32 Å². The Morgan fingerprint density at radius 3 is 2.05 bits per heavy atom. The van der Waals surface area contributed by atoms with Gasteiger partial charge in [-0.3, -0.25) is 4.79 Å². The molecule has 0 unspecified atom stereocenters. The number of benzene rings is 2. The Hall–Kier alpha value is -2.81. The van der Waals surface area contributed by atoms with Gasteiger partial charge in [0.05, 0.1) is 17.2 Å². The second kappa shape index (κ2) is 5.67. The number of carbonyl (C=O) groups excluding carboxylic acids is 1. The molecule has 3 nitrogen and oxygen atoms in total. The number of alkyl halides is 3.